The lowest BCUT2D eigenvalue weighted by Gasteiger charge is -1.73. The second-order valence-corrected chi connectivity index (χ2v) is 2.12. The van der Waals surface area contributed by atoms with Gasteiger partial charge in [0.05, 0.1) is 6.20 Å². The average molecular weight is 190 g/mol. The number of carbonyl (C=O) groups is 1. The van der Waals surface area contributed by atoms with Crippen LogP contribution in [-0.4, -0.2) is 32.4 Å². The number of nitrogens with zero attached hydrogens (tertiary/aromatic N) is 3. The molecule has 0 aromatic carbocycles. The number of hydrogen-bond acceptors (Lipinski definition) is 4. The molecule has 0 amide bonds. The maximum absolute atomic E-state index is 9.77. The first kappa shape index (κ1) is 9.85. The Morgan fingerprint density at radius 3 is 2.79 bits per heavy atom. The minimum absolute atomic E-state index is 0.389. The zero-order valence-corrected chi connectivity index (χ0v) is 7.04. The van der Waals surface area contributed by atoms with Crippen molar-refractivity contribution >= 4 is 12.7 Å². The summed E-state index contributed by atoms with van der Waals surface area (Å²) >= 11 is 0. The molecule has 14 heavy (non-hydrogen) atoms. The largest absolute Gasteiger partial charge is 0.322 e. The van der Waals surface area contributed by atoms with Gasteiger partial charge in [0.2, 0.25) is 0 Å². The van der Waals surface area contributed by atoms with E-state index in [1.54, 1.807) is 6.41 Å². The van der Waals surface area contributed by atoms with Crippen LogP contribution in [0.4, 0.5) is 0 Å². The lowest BCUT2D eigenvalue weighted by Crippen LogP contribution is -1.86. The van der Waals surface area contributed by atoms with E-state index < -0.39 is 0 Å². The molecule has 0 unspecified atom stereocenters. The molecule has 0 saturated carbocycles. The van der Waals surface area contributed by atoms with Crippen molar-refractivity contribution in [2.24, 2.45) is 0 Å². The molecule has 0 fully saturated rings. The van der Waals surface area contributed by atoms with Gasteiger partial charge in [0.15, 0.2) is 6.29 Å². The summed E-state index contributed by atoms with van der Waals surface area (Å²) in [6.45, 7) is 0. The van der Waals surface area contributed by atoms with Crippen LogP contribution in [-0.2, 0) is 4.79 Å². The van der Waals surface area contributed by atoms with Crippen molar-refractivity contribution in [2.45, 2.75) is 0 Å². The van der Waals surface area contributed by atoms with E-state index in [9.17, 15) is 9.59 Å². The highest BCUT2D eigenvalue weighted by Gasteiger charge is 1.84. The number of aromatic nitrogens is 4. The van der Waals surface area contributed by atoms with E-state index in [1.807, 2.05) is 0 Å². The molecule has 0 saturated heterocycles. The van der Waals surface area contributed by atoms with Crippen LogP contribution < -0.4 is 0 Å². The fraction of sp³-hybridized carbons (Fsp3) is 0. The number of nitrogens with one attached hydrogen (secondary N) is 1. The van der Waals surface area contributed by atoms with Gasteiger partial charge in [-0.2, -0.15) is 5.10 Å². The predicted molar refractivity (Wildman–Crippen MR) is 46.1 cm³/mol. The number of aromatic amines is 1. The summed E-state index contributed by atoms with van der Waals surface area (Å²) in [5.74, 6) is 0. The van der Waals surface area contributed by atoms with Crippen molar-refractivity contribution in [1.82, 2.24) is 19.7 Å². The highest BCUT2D eigenvalue weighted by Crippen LogP contribution is 1.80. The average Bonchev–Trinajstić information content (AvgIpc) is 2.92. The number of rotatable bonds is 2. The molecule has 0 spiro atoms. The Bertz CT molecular complexity index is 328. The van der Waals surface area contributed by atoms with Gasteiger partial charge in [-0.05, 0) is 6.07 Å². The summed E-state index contributed by atoms with van der Waals surface area (Å²) in [5, 5.41) is 5.86. The molecule has 0 aliphatic heterocycles. The summed E-state index contributed by atoms with van der Waals surface area (Å²) in [6.07, 6.45) is 9.21. The van der Waals surface area contributed by atoms with Crippen molar-refractivity contribution in [1.29, 1.82) is 0 Å². The van der Waals surface area contributed by atoms with Crippen LogP contribution in [0, 0.1) is 6.20 Å². The molecule has 6 nitrogen and oxygen atoms in total. The monoisotopic (exact) mass is 190 g/mol. The number of aldehydes is 1. The highest BCUT2D eigenvalue weighted by atomic mass is 16.1. The minimum atomic E-state index is 0.389. The molecule has 0 aliphatic carbocycles. The van der Waals surface area contributed by atoms with Crippen molar-refractivity contribution in [3.05, 3.63) is 36.7 Å². The maximum Gasteiger partial charge on any atom is 0.322 e. The van der Waals surface area contributed by atoms with Crippen molar-refractivity contribution < 1.29 is 9.59 Å². The quantitative estimate of drug-likeness (QED) is 0.666. The van der Waals surface area contributed by atoms with E-state index in [1.165, 1.54) is 29.4 Å². The van der Waals surface area contributed by atoms with Crippen LogP contribution >= 0.6 is 0 Å². The molecular formula is C8H6N4O2. The fourth-order valence-corrected chi connectivity index (χ4v) is 0.609. The second-order valence-electron chi connectivity index (χ2n) is 2.12. The molecule has 2 rings (SSSR count). The van der Waals surface area contributed by atoms with E-state index in [2.05, 4.69) is 21.4 Å². The van der Waals surface area contributed by atoms with Gasteiger partial charge >= 0.3 is 6.41 Å². The third-order valence-corrected chi connectivity index (χ3v) is 1.20. The molecule has 0 aliphatic rings. The van der Waals surface area contributed by atoms with Crippen LogP contribution in [0.25, 0.3) is 0 Å². The zero-order valence-electron chi connectivity index (χ0n) is 7.04. The van der Waals surface area contributed by atoms with Crippen LogP contribution in [0.5, 0.6) is 0 Å². The first-order valence-corrected chi connectivity index (χ1v) is 3.59. The highest BCUT2D eigenvalue weighted by molar-refractivity contribution is 5.70. The Labute approximate surface area is 79.6 Å². The molecule has 2 aromatic heterocycles. The summed E-state index contributed by atoms with van der Waals surface area (Å²) in [4.78, 5) is 23.0. The molecule has 2 heterocycles. The van der Waals surface area contributed by atoms with Gasteiger partial charge in [-0.25, -0.2) is 4.98 Å². The Morgan fingerprint density at radius 2 is 2.50 bits per heavy atom. The molecule has 2 radical (unpaired) electrons. The maximum atomic E-state index is 9.77. The first-order chi connectivity index (χ1) is 6.86. The Hall–Kier alpha value is -2.24. The summed E-state index contributed by atoms with van der Waals surface area (Å²) in [7, 11) is 0. The number of carbonyl (C=O) groups excluding carboxylic acids is 2. The number of hydrogen-bond donors (Lipinski definition) is 1. The summed E-state index contributed by atoms with van der Waals surface area (Å²) < 4.78 is 1.21. The number of imidazole rings is 1. The number of H-pyrrole nitrogens is 1. The normalized spacial score (nSPS) is 8.57. The second kappa shape index (κ2) is 5.41. The zero-order chi connectivity index (χ0) is 10.2. The van der Waals surface area contributed by atoms with Gasteiger partial charge in [-0.15, -0.1) is 0 Å². The van der Waals surface area contributed by atoms with Crippen molar-refractivity contribution in [2.75, 3.05) is 0 Å². The molecular weight excluding hydrogens is 184 g/mol. The minimum Gasteiger partial charge on any atom is -0.296 e. The van der Waals surface area contributed by atoms with Crippen LogP contribution in [0.3, 0.4) is 0 Å². The van der Waals surface area contributed by atoms with Crippen molar-refractivity contribution in [3.63, 3.8) is 0 Å². The van der Waals surface area contributed by atoms with Crippen LogP contribution in [0.15, 0.2) is 24.8 Å². The van der Waals surface area contributed by atoms with Gasteiger partial charge < -0.3 is 0 Å². The smallest absolute Gasteiger partial charge is 0.296 e. The summed E-state index contributed by atoms with van der Waals surface area (Å²) in [6, 6.07) is 1.48. The van der Waals surface area contributed by atoms with E-state index in [4.69, 9.17) is 0 Å². The van der Waals surface area contributed by atoms with Gasteiger partial charge in [0, 0.05) is 12.4 Å². The molecule has 2 aromatic rings. The lowest BCUT2D eigenvalue weighted by molar-refractivity contribution is 0.111. The predicted octanol–water partition coefficient (Wildman–Crippen LogP) is -0.179. The molecule has 6 heteroatoms. The van der Waals surface area contributed by atoms with Gasteiger partial charge in [0.25, 0.3) is 0 Å². The Balaban J connectivity index is 0.000000140. The summed E-state index contributed by atoms with van der Waals surface area (Å²) in [5.41, 5.74) is 0.389. The van der Waals surface area contributed by atoms with Gasteiger partial charge in [-0.1, -0.05) is 0 Å². The first-order valence-electron chi connectivity index (χ1n) is 3.59. The van der Waals surface area contributed by atoms with E-state index in [-0.39, 0.29) is 0 Å². The molecule has 70 valence electrons. The van der Waals surface area contributed by atoms with Gasteiger partial charge in [-0.3, -0.25) is 19.3 Å². The third-order valence-electron chi connectivity index (χ3n) is 1.20. The SMILES string of the molecule is O=Cc1c[c][nH]n1.O=[C]n1ccnc1. The molecule has 1 N–H and O–H groups in total. The van der Waals surface area contributed by atoms with E-state index >= 15 is 0 Å². The van der Waals surface area contributed by atoms with E-state index in [0.29, 0.717) is 12.0 Å². The molecule has 0 bridgehead atoms. The lowest BCUT2D eigenvalue weighted by atomic mass is 10.5. The fourth-order valence-electron chi connectivity index (χ4n) is 0.609. The standard InChI is InChI=1S/2C4H3N2O/c7-4-6-2-1-5-3-6;7-3-4-1-2-5-6-4/h1-3H;1,3H,(H,5,6). The Kier molecular flexibility index (Phi) is 3.81. The molecule has 0 atom stereocenters. The van der Waals surface area contributed by atoms with Crippen LogP contribution in [0.2, 0.25) is 0 Å². The van der Waals surface area contributed by atoms with E-state index in [0.717, 1.165) is 0 Å². The van der Waals surface area contributed by atoms with Crippen molar-refractivity contribution in [3.8, 4) is 0 Å². The topological polar surface area (TPSA) is 80.6 Å². The Morgan fingerprint density at radius 1 is 1.64 bits per heavy atom. The van der Waals surface area contributed by atoms with Crippen LogP contribution in [0.1, 0.15) is 10.5 Å². The van der Waals surface area contributed by atoms with Gasteiger partial charge in [0.1, 0.15) is 12.0 Å². The third kappa shape index (κ3) is 3.02.